The fourth-order valence-electron chi connectivity index (χ4n) is 2.29. The average molecular weight is 349 g/mol. The smallest absolute Gasteiger partial charge is 0.334 e. The monoisotopic (exact) mass is 348 g/mol. The standard InChI is InChI=1S/C22H36O3/c1-7-25-22(24)21(17(2)3)15-14-19(5)12-8-10-18(4)11-9-13-20(6)16-23/h10,13-15,17,23H,7-9,11-12,16H2,1-6H3/b18-10+,19-14+,20-13+,21-15+. The lowest BCUT2D eigenvalue weighted by atomic mass is 10.0. The van der Waals surface area contributed by atoms with Crippen LogP contribution in [0.5, 0.6) is 0 Å². The molecule has 0 heterocycles. The Labute approximate surface area is 154 Å². The van der Waals surface area contributed by atoms with Crippen LogP contribution in [0.2, 0.25) is 0 Å². The van der Waals surface area contributed by atoms with Crippen molar-refractivity contribution in [3.05, 3.63) is 46.6 Å². The highest BCUT2D eigenvalue weighted by Crippen LogP contribution is 2.15. The molecule has 0 spiro atoms. The van der Waals surface area contributed by atoms with E-state index in [0.717, 1.165) is 36.8 Å². The Hall–Kier alpha value is -1.61. The molecule has 1 N–H and O–H groups in total. The van der Waals surface area contributed by atoms with Crippen molar-refractivity contribution in [2.75, 3.05) is 13.2 Å². The predicted molar refractivity (Wildman–Crippen MR) is 106 cm³/mol. The molecule has 3 heteroatoms. The number of carbonyl (C=O) groups excluding carboxylic acids is 1. The van der Waals surface area contributed by atoms with Gasteiger partial charge in [-0.2, -0.15) is 0 Å². The predicted octanol–water partition coefficient (Wildman–Crippen LogP) is 5.52. The third-order valence-electron chi connectivity index (χ3n) is 3.99. The Kier molecular flexibility index (Phi) is 12.8. The Morgan fingerprint density at radius 1 is 0.960 bits per heavy atom. The number of rotatable bonds is 11. The third-order valence-corrected chi connectivity index (χ3v) is 3.99. The van der Waals surface area contributed by atoms with Gasteiger partial charge in [-0.25, -0.2) is 4.79 Å². The van der Waals surface area contributed by atoms with Crippen molar-refractivity contribution in [1.82, 2.24) is 0 Å². The summed E-state index contributed by atoms with van der Waals surface area (Å²) in [5.74, 6) is -0.0656. The van der Waals surface area contributed by atoms with E-state index < -0.39 is 0 Å². The van der Waals surface area contributed by atoms with E-state index in [1.54, 1.807) is 0 Å². The second-order valence-electron chi connectivity index (χ2n) is 6.85. The van der Waals surface area contributed by atoms with Crippen LogP contribution < -0.4 is 0 Å². The summed E-state index contributed by atoms with van der Waals surface area (Å²) >= 11 is 0. The summed E-state index contributed by atoms with van der Waals surface area (Å²) in [6, 6.07) is 0. The van der Waals surface area contributed by atoms with Gasteiger partial charge in [0.15, 0.2) is 0 Å². The Balaban J connectivity index is 4.54. The van der Waals surface area contributed by atoms with Gasteiger partial charge in [0.1, 0.15) is 0 Å². The summed E-state index contributed by atoms with van der Waals surface area (Å²) < 4.78 is 5.11. The fourth-order valence-corrected chi connectivity index (χ4v) is 2.29. The van der Waals surface area contributed by atoms with E-state index in [9.17, 15) is 4.79 Å². The summed E-state index contributed by atoms with van der Waals surface area (Å²) in [5, 5.41) is 8.97. The molecule has 0 saturated heterocycles. The maximum atomic E-state index is 11.9. The molecule has 0 fully saturated rings. The van der Waals surface area contributed by atoms with Gasteiger partial charge in [-0.3, -0.25) is 0 Å². The number of hydrogen-bond acceptors (Lipinski definition) is 3. The summed E-state index contributed by atoms with van der Waals surface area (Å²) in [5.41, 5.74) is 4.38. The number of aliphatic hydroxyl groups excluding tert-OH is 1. The van der Waals surface area contributed by atoms with E-state index in [1.807, 2.05) is 39.8 Å². The van der Waals surface area contributed by atoms with Gasteiger partial charge in [-0.1, -0.05) is 54.9 Å². The largest absolute Gasteiger partial charge is 0.463 e. The molecule has 0 radical (unpaired) electrons. The molecule has 25 heavy (non-hydrogen) atoms. The molecule has 142 valence electrons. The summed E-state index contributed by atoms with van der Waals surface area (Å²) in [7, 11) is 0. The molecule has 0 aliphatic heterocycles. The third kappa shape index (κ3) is 11.5. The maximum absolute atomic E-state index is 11.9. The van der Waals surface area contributed by atoms with Crippen molar-refractivity contribution in [3.63, 3.8) is 0 Å². The molecule has 0 unspecified atom stereocenters. The van der Waals surface area contributed by atoms with Crippen molar-refractivity contribution >= 4 is 5.97 Å². The Morgan fingerprint density at radius 3 is 2.04 bits per heavy atom. The van der Waals surface area contributed by atoms with Gasteiger partial charge >= 0.3 is 5.97 Å². The molecule has 0 rings (SSSR count). The minimum Gasteiger partial charge on any atom is -0.463 e. The highest BCUT2D eigenvalue weighted by Gasteiger charge is 2.13. The van der Waals surface area contributed by atoms with Gasteiger partial charge in [0.05, 0.1) is 13.2 Å². The molecule has 0 aliphatic carbocycles. The second-order valence-corrected chi connectivity index (χ2v) is 6.85. The number of carbonyl (C=O) groups is 1. The zero-order valence-electron chi connectivity index (χ0n) is 16.9. The number of esters is 1. The zero-order chi connectivity index (χ0) is 19.2. The van der Waals surface area contributed by atoms with Gasteiger partial charge in [-0.15, -0.1) is 0 Å². The molecule has 0 saturated carbocycles. The van der Waals surface area contributed by atoms with E-state index in [1.165, 1.54) is 11.1 Å². The summed E-state index contributed by atoms with van der Waals surface area (Å²) in [4.78, 5) is 11.9. The Bertz CT molecular complexity index is 519. The highest BCUT2D eigenvalue weighted by atomic mass is 16.5. The van der Waals surface area contributed by atoms with Crippen molar-refractivity contribution in [3.8, 4) is 0 Å². The first-order valence-corrected chi connectivity index (χ1v) is 9.28. The molecule has 3 nitrogen and oxygen atoms in total. The Morgan fingerprint density at radius 2 is 1.52 bits per heavy atom. The van der Waals surface area contributed by atoms with Gasteiger partial charge in [0.25, 0.3) is 0 Å². The van der Waals surface area contributed by atoms with Crippen LogP contribution in [-0.4, -0.2) is 24.3 Å². The number of aliphatic hydroxyl groups is 1. The van der Waals surface area contributed by atoms with Crippen LogP contribution in [0.25, 0.3) is 0 Å². The second kappa shape index (κ2) is 13.7. The van der Waals surface area contributed by atoms with E-state index >= 15 is 0 Å². The van der Waals surface area contributed by atoms with Crippen molar-refractivity contribution in [1.29, 1.82) is 0 Å². The van der Waals surface area contributed by atoms with Crippen LogP contribution in [0.3, 0.4) is 0 Å². The molecular formula is C22H36O3. The first-order valence-electron chi connectivity index (χ1n) is 9.28. The summed E-state index contributed by atoms with van der Waals surface area (Å²) in [6.45, 7) is 12.6. The lowest BCUT2D eigenvalue weighted by molar-refractivity contribution is -0.139. The van der Waals surface area contributed by atoms with Crippen LogP contribution >= 0.6 is 0 Å². The maximum Gasteiger partial charge on any atom is 0.334 e. The van der Waals surface area contributed by atoms with Gasteiger partial charge in [-0.05, 0) is 59.3 Å². The lowest BCUT2D eigenvalue weighted by Crippen LogP contribution is -2.12. The van der Waals surface area contributed by atoms with Crippen LogP contribution in [0.1, 0.15) is 67.2 Å². The zero-order valence-corrected chi connectivity index (χ0v) is 16.9. The summed E-state index contributed by atoms with van der Waals surface area (Å²) in [6.07, 6.45) is 12.3. The topological polar surface area (TPSA) is 46.5 Å². The van der Waals surface area contributed by atoms with Gasteiger partial charge in [0.2, 0.25) is 0 Å². The SMILES string of the molecule is CCOC(=O)/C(=C/C=C(\C)CC/C=C(\C)CC/C=C(\C)CO)C(C)C. The van der Waals surface area contributed by atoms with Crippen molar-refractivity contribution in [2.45, 2.75) is 67.2 Å². The first kappa shape index (κ1) is 23.4. The van der Waals surface area contributed by atoms with E-state index in [2.05, 4.69) is 26.0 Å². The molecule has 0 bridgehead atoms. The molecular weight excluding hydrogens is 312 g/mol. The van der Waals surface area contributed by atoms with E-state index in [4.69, 9.17) is 9.84 Å². The molecule has 0 atom stereocenters. The van der Waals surface area contributed by atoms with Crippen LogP contribution in [-0.2, 0) is 9.53 Å². The normalized spacial score (nSPS) is 14.2. The number of hydrogen-bond donors (Lipinski definition) is 1. The number of allylic oxidation sites excluding steroid dienone is 6. The van der Waals surface area contributed by atoms with E-state index in [0.29, 0.717) is 6.61 Å². The van der Waals surface area contributed by atoms with Gasteiger partial charge < -0.3 is 9.84 Å². The van der Waals surface area contributed by atoms with Crippen molar-refractivity contribution in [2.24, 2.45) is 5.92 Å². The molecule has 0 aromatic carbocycles. The van der Waals surface area contributed by atoms with Crippen molar-refractivity contribution < 1.29 is 14.6 Å². The molecule has 0 aliphatic rings. The lowest BCUT2D eigenvalue weighted by Gasteiger charge is -2.09. The quantitative estimate of drug-likeness (QED) is 0.231. The molecule has 0 aromatic heterocycles. The minimum atomic E-state index is -0.219. The minimum absolute atomic E-state index is 0.143. The number of ether oxygens (including phenoxy) is 1. The van der Waals surface area contributed by atoms with Gasteiger partial charge in [0, 0.05) is 5.57 Å². The highest BCUT2D eigenvalue weighted by molar-refractivity contribution is 5.89. The fraction of sp³-hybridized carbons (Fsp3) is 0.591. The van der Waals surface area contributed by atoms with Crippen LogP contribution in [0, 0.1) is 5.92 Å². The molecule has 0 amide bonds. The first-order chi connectivity index (χ1) is 11.8. The molecule has 0 aromatic rings. The average Bonchev–Trinajstić information content (AvgIpc) is 2.54. The van der Waals surface area contributed by atoms with Crippen LogP contribution in [0.4, 0.5) is 0 Å². The van der Waals surface area contributed by atoms with E-state index in [-0.39, 0.29) is 18.5 Å². The van der Waals surface area contributed by atoms with Crippen LogP contribution in [0.15, 0.2) is 46.6 Å².